The number of fused-ring (bicyclic) bond motifs is 3. The van der Waals surface area contributed by atoms with Crippen molar-refractivity contribution in [2.45, 2.75) is 147 Å². The van der Waals surface area contributed by atoms with Gasteiger partial charge in [-0.25, -0.2) is 9.18 Å². The van der Waals surface area contributed by atoms with E-state index in [9.17, 15) is 14.6 Å². The number of rotatable bonds is 29. The number of halogens is 1. The second kappa shape index (κ2) is 26.2. The van der Waals surface area contributed by atoms with Crippen molar-refractivity contribution in [1.29, 1.82) is 0 Å². The van der Waals surface area contributed by atoms with Gasteiger partial charge in [0.25, 0.3) is 0 Å². The Morgan fingerprint density at radius 3 is 2.35 bits per heavy atom. The minimum absolute atomic E-state index is 0.00770. The molecule has 1 amide bonds. The van der Waals surface area contributed by atoms with Crippen molar-refractivity contribution in [1.82, 2.24) is 4.90 Å². The first-order valence-electron chi connectivity index (χ1n) is 25.6. The second-order valence-corrected chi connectivity index (χ2v) is 18.9. The van der Waals surface area contributed by atoms with Gasteiger partial charge in [-0.3, -0.25) is 4.90 Å². The summed E-state index contributed by atoms with van der Waals surface area (Å²) in [5.41, 5.74) is 3.74. The summed E-state index contributed by atoms with van der Waals surface area (Å²) in [6, 6.07) is 17.2. The molecule has 0 spiro atoms. The molecule has 2 aliphatic heterocycles. The molecule has 3 aromatic rings. The zero-order chi connectivity index (χ0) is 48.4. The Kier molecular flexibility index (Phi) is 19.6. The van der Waals surface area contributed by atoms with E-state index < -0.39 is 23.8 Å². The van der Waals surface area contributed by atoms with E-state index in [0.29, 0.717) is 47.1 Å². The fourth-order valence-electron chi connectivity index (χ4n) is 11.0. The normalized spacial score (nSPS) is 22.5. The summed E-state index contributed by atoms with van der Waals surface area (Å²) >= 11 is 0. The number of aliphatic hydroxyl groups is 2. The standard InChI is InChI=1S/C56H75FN2O10/c1-4-6-7-8-9-10-11-12-13-20-32-64-55(62)59(37-40-25-27-50-51(33-40)67-39-66-50)52-36-48(58-63-3)45-34-41(21-16-18-29-60)44(23-17-19-30-61)53-46-35-43(65-38-42-22-14-15-24-47(42)57)26-28-49(46)69-56(52,54(45)53)68-31-5-2/h5,14-15,22,24-28,33-35,41,44,52-54,60-61H,2,4,6-13,16-21,23,29-32,36-39H2,1,3H3. The van der Waals surface area contributed by atoms with Gasteiger partial charge >= 0.3 is 6.09 Å². The van der Waals surface area contributed by atoms with E-state index >= 15 is 4.79 Å². The maximum absolute atomic E-state index is 15.0. The van der Waals surface area contributed by atoms with E-state index in [0.717, 1.165) is 61.6 Å². The van der Waals surface area contributed by atoms with E-state index in [1.54, 1.807) is 29.2 Å². The van der Waals surface area contributed by atoms with Crippen LogP contribution in [0.2, 0.25) is 0 Å². The van der Waals surface area contributed by atoms with Crippen LogP contribution in [0.1, 0.15) is 139 Å². The zero-order valence-electron chi connectivity index (χ0n) is 40.9. The first kappa shape index (κ1) is 51.7. The third-order valence-electron chi connectivity index (χ3n) is 14.3. The molecule has 13 heteroatoms. The van der Waals surface area contributed by atoms with E-state index in [2.05, 4.69) is 19.6 Å². The van der Waals surface area contributed by atoms with Crippen LogP contribution in [0, 0.1) is 23.6 Å². The number of nitrogens with zero attached hydrogens (tertiary/aromatic N) is 2. The fourth-order valence-corrected chi connectivity index (χ4v) is 11.0. The molecule has 0 radical (unpaired) electrons. The number of amides is 1. The van der Waals surface area contributed by atoms with Crippen LogP contribution in [0.15, 0.2) is 90.1 Å². The Hall–Kier alpha value is -5.11. The Bertz CT molecular complexity index is 2180. The van der Waals surface area contributed by atoms with Crippen LogP contribution >= 0.6 is 0 Å². The molecule has 376 valence electrons. The van der Waals surface area contributed by atoms with Crippen LogP contribution in [0.4, 0.5) is 9.18 Å². The molecule has 3 aromatic carbocycles. The number of allylic oxidation sites excluding steroid dienone is 1. The third-order valence-corrected chi connectivity index (χ3v) is 14.3. The van der Waals surface area contributed by atoms with Gasteiger partial charge in [0.1, 0.15) is 37.1 Å². The van der Waals surface area contributed by atoms with E-state index in [-0.39, 0.29) is 76.4 Å². The first-order valence-corrected chi connectivity index (χ1v) is 25.6. The smallest absolute Gasteiger partial charge is 0.410 e. The van der Waals surface area contributed by atoms with Crippen molar-refractivity contribution in [2.75, 3.05) is 40.3 Å². The molecule has 2 heterocycles. The number of aliphatic hydroxyl groups excluding tert-OH is 2. The maximum Gasteiger partial charge on any atom is 0.410 e. The highest BCUT2D eigenvalue weighted by Gasteiger charge is 2.65. The number of carbonyl (C=O) groups excluding carboxylic acids is 1. The van der Waals surface area contributed by atoms with Crippen LogP contribution in [-0.4, -0.2) is 79.1 Å². The molecule has 1 saturated carbocycles. The highest BCUT2D eigenvalue weighted by Crippen LogP contribution is 2.62. The van der Waals surface area contributed by atoms with Crippen LogP contribution in [0.25, 0.3) is 0 Å². The van der Waals surface area contributed by atoms with Crippen molar-refractivity contribution < 1.29 is 52.7 Å². The molecule has 0 saturated heterocycles. The minimum atomic E-state index is -1.49. The van der Waals surface area contributed by atoms with Crippen LogP contribution in [0.3, 0.4) is 0 Å². The highest BCUT2D eigenvalue weighted by molar-refractivity contribution is 6.03. The largest absolute Gasteiger partial charge is 0.489 e. The van der Waals surface area contributed by atoms with E-state index in [1.165, 1.54) is 58.1 Å². The lowest BCUT2D eigenvalue weighted by Gasteiger charge is -2.59. The average Bonchev–Trinajstić information content (AvgIpc) is 3.84. The predicted octanol–water partition coefficient (Wildman–Crippen LogP) is 12.0. The summed E-state index contributed by atoms with van der Waals surface area (Å²) in [4.78, 5) is 22.4. The lowest BCUT2D eigenvalue weighted by molar-refractivity contribution is -0.256. The van der Waals surface area contributed by atoms with Crippen LogP contribution < -0.4 is 18.9 Å². The van der Waals surface area contributed by atoms with Gasteiger partial charge in [-0.15, -0.1) is 6.58 Å². The van der Waals surface area contributed by atoms with Crippen molar-refractivity contribution >= 4 is 11.8 Å². The summed E-state index contributed by atoms with van der Waals surface area (Å²) < 4.78 is 53.5. The van der Waals surface area contributed by atoms with E-state index in [1.807, 2.05) is 36.4 Å². The topological polar surface area (TPSA) is 138 Å². The number of oxime groups is 1. The van der Waals surface area contributed by atoms with Crippen LogP contribution in [-0.2, 0) is 27.5 Å². The number of hydrogen-bond donors (Lipinski definition) is 2. The number of hydrogen-bond acceptors (Lipinski definition) is 11. The molecule has 6 atom stereocenters. The molecular formula is C56H75FN2O10. The molecular weight excluding hydrogens is 880 g/mol. The molecule has 2 N–H and O–H groups in total. The quantitative estimate of drug-likeness (QED) is 0.0393. The lowest BCUT2D eigenvalue weighted by Crippen LogP contribution is -2.70. The van der Waals surface area contributed by atoms with Gasteiger partial charge in [0, 0.05) is 43.2 Å². The molecule has 6 unspecified atom stereocenters. The highest BCUT2D eigenvalue weighted by atomic mass is 19.1. The Morgan fingerprint density at radius 2 is 1.61 bits per heavy atom. The fraction of sp³-hybridized carbons (Fsp3) is 0.571. The summed E-state index contributed by atoms with van der Waals surface area (Å²) in [5, 5.41) is 24.7. The second-order valence-electron chi connectivity index (χ2n) is 18.9. The lowest BCUT2D eigenvalue weighted by atomic mass is 9.55. The van der Waals surface area contributed by atoms with Crippen molar-refractivity contribution in [3.63, 3.8) is 0 Å². The molecule has 12 nitrogen and oxygen atoms in total. The van der Waals surface area contributed by atoms with Gasteiger partial charge in [-0.05, 0) is 91.5 Å². The molecule has 69 heavy (non-hydrogen) atoms. The van der Waals surface area contributed by atoms with Crippen molar-refractivity contribution in [3.05, 3.63) is 107 Å². The van der Waals surface area contributed by atoms with Gasteiger partial charge in [0.05, 0.1) is 24.8 Å². The maximum atomic E-state index is 15.0. The molecule has 1 fully saturated rings. The van der Waals surface area contributed by atoms with Gasteiger partial charge in [-0.2, -0.15) is 0 Å². The number of benzene rings is 3. The van der Waals surface area contributed by atoms with Crippen molar-refractivity contribution in [3.8, 4) is 23.0 Å². The SMILES string of the molecule is C=CCOC12Oc3ccc(OCc4ccccc4F)cc3C3C(CCCCO)C(CCCCO)C=C(C(=NOC)CC1N(Cc1ccc4c(c1)OCO4)C(=O)OCCCCCCCCCCCC)C32. The number of ether oxygens (including phenoxy) is 6. The summed E-state index contributed by atoms with van der Waals surface area (Å²) in [5.74, 6) is -0.199. The molecule has 7 rings (SSSR count). The van der Waals surface area contributed by atoms with Gasteiger partial charge in [0.15, 0.2) is 11.5 Å². The van der Waals surface area contributed by atoms with Crippen molar-refractivity contribution in [2.24, 2.45) is 22.9 Å². The number of unbranched alkanes of at least 4 members (excludes halogenated alkanes) is 11. The summed E-state index contributed by atoms with van der Waals surface area (Å²) in [6.07, 6.45) is 19.8. The molecule has 0 bridgehead atoms. The molecule has 2 aliphatic carbocycles. The monoisotopic (exact) mass is 955 g/mol. The van der Waals surface area contributed by atoms with Gasteiger partial charge in [0.2, 0.25) is 12.6 Å². The van der Waals surface area contributed by atoms with Gasteiger partial charge in [-0.1, -0.05) is 119 Å². The molecule has 4 aliphatic rings. The Labute approximate surface area is 408 Å². The summed E-state index contributed by atoms with van der Waals surface area (Å²) in [7, 11) is 1.53. The minimum Gasteiger partial charge on any atom is -0.489 e. The van der Waals surface area contributed by atoms with Gasteiger partial charge < -0.3 is 43.5 Å². The molecule has 0 aromatic heterocycles. The zero-order valence-corrected chi connectivity index (χ0v) is 40.9. The summed E-state index contributed by atoms with van der Waals surface area (Å²) in [6.45, 7) is 7.12. The van der Waals surface area contributed by atoms with Crippen LogP contribution in [0.5, 0.6) is 23.0 Å². The van der Waals surface area contributed by atoms with E-state index in [4.69, 9.17) is 38.4 Å². The first-order chi connectivity index (χ1) is 33.8. The number of carbonyl (C=O) groups is 1. The average molecular weight is 955 g/mol. The predicted molar refractivity (Wildman–Crippen MR) is 264 cm³/mol. The third kappa shape index (κ3) is 12.8. The Morgan fingerprint density at radius 1 is 0.884 bits per heavy atom. The Balaban J connectivity index is 1.30.